The van der Waals surface area contributed by atoms with E-state index in [-0.39, 0.29) is 13.0 Å². The van der Waals surface area contributed by atoms with E-state index in [4.69, 9.17) is 4.74 Å². The first-order valence-corrected chi connectivity index (χ1v) is 10.00. The molecule has 0 radical (unpaired) electrons. The van der Waals surface area contributed by atoms with E-state index in [0.29, 0.717) is 28.0 Å². The normalized spacial score (nSPS) is 13.0. The van der Waals surface area contributed by atoms with Gasteiger partial charge in [-0.15, -0.1) is 0 Å². The molecule has 3 aromatic rings. The van der Waals surface area contributed by atoms with E-state index in [2.05, 4.69) is 6.07 Å². The summed E-state index contributed by atoms with van der Waals surface area (Å²) in [5, 5.41) is 9.47. The number of fused-ring (bicyclic) bond motifs is 1. The van der Waals surface area contributed by atoms with E-state index < -0.39 is 17.8 Å². The number of nitrogens with zero attached hydrogens (tertiary/aromatic N) is 2. The summed E-state index contributed by atoms with van der Waals surface area (Å²) in [6, 6.07) is 24.8. The number of amides is 2. The van der Waals surface area contributed by atoms with E-state index in [1.54, 1.807) is 54.6 Å². The standard InChI is InChI=1S/C26H18N2O4/c27-17-20(19-8-2-1-3-9-19)15-18-7-6-10-21(16-18)32-24(29)13-14-28-25(30)22-11-4-5-12-23(22)26(28)31/h1-12,15-16H,13-14H2/b20-15-. The van der Waals surface area contributed by atoms with Crippen molar-refractivity contribution in [1.29, 1.82) is 5.26 Å². The maximum Gasteiger partial charge on any atom is 0.312 e. The lowest BCUT2D eigenvalue weighted by Crippen LogP contribution is -2.32. The molecule has 0 saturated carbocycles. The lowest BCUT2D eigenvalue weighted by Gasteiger charge is -2.13. The molecule has 0 aliphatic carbocycles. The molecular weight excluding hydrogens is 404 g/mol. The number of carbonyl (C=O) groups excluding carboxylic acids is 3. The predicted octanol–water partition coefficient (Wildman–Crippen LogP) is 4.34. The van der Waals surface area contributed by atoms with Gasteiger partial charge in [-0.2, -0.15) is 5.26 Å². The first-order chi connectivity index (χ1) is 15.6. The molecule has 1 heterocycles. The molecule has 0 aromatic heterocycles. The van der Waals surface area contributed by atoms with Gasteiger partial charge in [0.1, 0.15) is 5.75 Å². The molecule has 0 fully saturated rings. The average Bonchev–Trinajstić information content (AvgIpc) is 3.06. The molecule has 0 N–H and O–H groups in total. The van der Waals surface area contributed by atoms with Gasteiger partial charge in [-0.3, -0.25) is 19.3 Å². The van der Waals surface area contributed by atoms with Gasteiger partial charge in [-0.05, 0) is 41.5 Å². The van der Waals surface area contributed by atoms with E-state index in [1.165, 1.54) is 0 Å². The largest absolute Gasteiger partial charge is 0.426 e. The highest BCUT2D eigenvalue weighted by molar-refractivity contribution is 6.21. The summed E-state index contributed by atoms with van der Waals surface area (Å²) in [6.07, 6.45) is 1.59. The van der Waals surface area contributed by atoms with E-state index in [0.717, 1.165) is 10.5 Å². The average molecular weight is 422 g/mol. The highest BCUT2D eigenvalue weighted by Crippen LogP contribution is 2.23. The molecule has 1 aliphatic rings. The molecule has 6 heteroatoms. The first kappa shape index (κ1) is 20.8. The third-order valence-corrected chi connectivity index (χ3v) is 5.02. The predicted molar refractivity (Wildman–Crippen MR) is 118 cm³/mol. The van der Waals surface area contributed by atoms with E-state index >= 15 is 0 Å². The van der Waals surface area contributed by atoms with Crippen LogP contribution < -0.4 is 4.74 Å². The zero-order valence-electron chi connectivity index (χ0n) is 17.0. The number of ether oxygens (including phenoxy) is 1. The summed E-state index contributed by atoms with van der Waals surface area (Å²) in [7, 11) is 0. The molecule has 2 amide bonds. The number of rotatable bonds is 6. The summed E-state index contributed by atoms with van der Waals surface area (Å²) >= 11 is 0. The van der Waals surface area contributed by atoms with Crippen molar-refractivity contribution < 1.29 is 19.1 Å². The van der Waals surface area contributed by atoms with Gasteiger partial charge in [0.15, 0.2) is 0 Å². The van der Waals surface area contributed by atoms with E-state index in [1.807, 2.05) is 30.3 Å². The SMILES string of the molecule is N#C/C(=C/c1cccc(OC(=O)CCN2C(=O)c3ccccc3C2=O)c1)c1ccccc1. The summed E-state index contributed by atoms with van der Waals surface area (Å²) in [4.78, 5) is 38.2. The van der Waals surface area contributed by atoms with Gasteiger partial charge >= 0.3 is 5.97 Å². The molecule has 0 atom stereocenters. The van der Waals surface area contributed by atoms with Crippen molar-refractivity contribution in [2.75, 3.05) is 6.54 Å². The van der Waals surface area contributed by atoms with Crippen LogP contribution in [0.5, 0.6) is 5.75 Å². The summed E-state index contributed by atoms with van der Waals surface area (Å²) < 4.78 is 5.38. The second-order valence-electron chi connectivity index (χ2n) is 7.14. The van der Waals surface area contributed by atoms with Crippen molar-refractivity contribution in [3.05, 3.63) is 101 Å². The van der Waals surface area contributed by atoms with Crippen LogP contribution in [0.25, 0.3) is 11.6 Å². The second kappa shape index (κ2) is 9.11. The fourth-order valence-corrected chi connectivity index (χ4v) is 3.46. The lowest BCUT2D eigenvalue weighted by molar-refractivity contribution is -0.134. The Bertz CT molecular complexity index is 1240. The van der Waals surface area contributed by atoms with Crippen LogP contribution >= 0.6 is 0 Å². The summed E-state index contributed by atoms with van der Waals surface area (Å²) in [5.41, 5.74) is 2.67. The zero-order chi connectivity index (χ0) is 22.5. The van der Waals surface area contributed by atoms with Crippen LogP contribution in [0, 0.1) is 11.3 Å². The maximum atomic E-state index is 12.4. The molecule has 6 nitrogen and oxygen atoms in total. The fraction of sp³-hybridized carbons (Fsp3) is 0.0769. The van der Waals surface area contributed by atoms with E-state index in [9.17, 15) is 19.6 Å². The van der Waals surface area contributed by atoms with Gasteiger partial charge in [0.2, 0.25) is 0 Å². The molecule has 32 heavy (non-hydrogen) atoms. The van der Waals surface area contributed by atoms with Crippen molar-refractivity contribution in [1.82, 2.24) is 4.90 Å². The van der Waals surface area contributed by atoms with Crippen molar-refractivity contribution in [2.45, 2.75) is 6.42 Å². The minimum atomic E-state index is -0.564. The fourth-order valence-electron chi connectivity index (χ4n) is 3.46. The zero-order valence-corrected chi connectivity index (χ0v) is 17.0. The number of benzene rings is 3. The molecule has 156 valence electrons. The third-order valence-electron chi connectivity index (χ3n) is 5.02. The smallest absolute Gasteiger partial charge is 0.312 e. The van der Waals surface area contributed by atoms with Crippen molar-refractivity contribution in [3.63, 3.8) is 0 Å². The molecular formula is C26H18N2O4. The minimum Gasteiger partial charge on any atom is -0.426 e. The van der Waals surface area contributed by atoms with Gasteiger partial charge in [-0.1, -0.05) is 54.6 Å². The summed E-state index contributed by atoms with van der Waals surface area (Å²) in [6.45, 7) is -0.0582. The third kappa shape index (κ3) is 4.32. The Balaban J connectivity index is 1.41. The van der Waals surface area contributed by atoms with Gasteiger partial charge < -0.3 is 4.74 Å². The molecule has 3 aromatic carbocycles. The quantitative estimate of drug-likeness (QED) is 0.194. The van der Waals surface area contributed by atoms with Crippen LogP contribution in [0.1, 0.15) is 38.3 Å². The second-order valence-corrected chi connectivity index (χ2v) is 7.14. The number of imide groups is 1. The summed E-state index contributed by atoms with van der Waals surface area (Å²) in [5.74, 6) is -1.06. The van der Waals surface area contributed by atoms with Crippen LogP contribution in [0.15, 0.2) is 78.9 Å². The number of allylic oxidation sites excluding steroid dienone is 1. The number of carbonyl (C=O) groups is 3. The first-order valence-electron chi connectivity index (χ1n) is 10.00. The maximum absolute atomic E-state index is 12.4. The van der Waals surface area contributed by atoms with Crippen LogP contribution in [-0.4, -0.2) is 29.2 Å². The van der Waals surface area contributed by atoms with Crippen molar-refractivity contribution >= 4 is 29.4 Å². The Morgan fingerprint density at radius 1 is 0.906 bits per heavy atom. The van der Waals surface area contributed by atoms with Crippen LogP contribution in [0.4, 0.5) is 0 Å². The Kier molecular flexibility index (Phi) is 5.91. The number of esters is 1. The Morgan fingerprint density at radius 2 is 1.56 bits per heavy atom. The van der Waals surface area contributed by atoms with Crippen molar-refractivity contribution in [3.8, 4) is 11.8 Å². The number of hydrogen-bond acceptors (Lipinski definition) is 5. The number of nitriles is 1. The Labute approximate surface area is 185 Å². The molecule has 0 bridgehead atoms. The monoisotopic (exact) mass is 422 g/mol. The number of hydrogen-bond donors (Lipinski definition) is 0. The Morgan fingerprint density at radius 3 is 2.22 bits per heavy atom. The van der Waals surface area contributed by atoms with Crippen LogP contribution in [-0.2, 0) is 4.79 Å². The van der Waals surface area contributed by atoms with Crippen LogP contribution in [0.2, 0.25) is 0 Å². The van der Waals surface area contributed by atoms with Gasteiger partial charge in [-0.25, -0.2) is 0 Å². The molecule has 4 rings (SSSR count). The highest BCUT2D eigenvalue weighted by Gasteiger charge is 2.35. The van der Waals surface area contributed by atoms with Gasteiger partial charge in [0.25, 0.3) is 11.8 Å². The topological polar surface area (TPSA) is 87.5 Å². The van der Waals surface area contributed by atoms with Crippen molar-refractivity contribution in [2.24, 2.45) is 0 Å². The lowest BCUT2D eigenvalue weighted by atomic mass is 10.0. The Hall–Kier alpha value is -4.50. The highest BCUT2D eigenvalue weighted by atomic mass is 16.5. The van der Waals surface area contributed by atoms with Gasteiger partial charge in [0.05, 0.1) is 29.2 Å². The minimum absolute atomic E-state index is 0.0582. The molecule has 0 spiro atoms. The molecule has 0 saturated heterocycles. The van der Waals surface area contributed by atoms with Gasteiger partial charge in [0, 0.05) is 6.54 Å². The molecule has 0 unspecified atom stereocenters. The van der Waals surface area contributed by atoms with Crippen LogP contribution in [0.3, 0.4) is 0 Å². The molecule has 1 aliphatic heterocycles.